The van der Waals surface area contributed by atoms with E-state index in [9.17, 15) is 0 Å². The second-order valence-corrected chi connectivity index (χ2v) is 6.05. The molecule has 1 aliphatic carbocycles. The van der Waals surface area contributed by atoms with E-state index in [1.165, 1.54) is 22.3 Å². The molecule has 0 bridgehead atoms. The van der Waals surface area contributed by atoms with E-state index in [1.807, 2.05) is 0 Å². The van der Waals surface area contributed by atoms with E-state index in [4.69, 9.17) is 10.5 Å². The fourth-order valence-electron chi connectivity index (χ4n) is 3.57. The highest BCUT2D eigenvalue weighted by molar-refractivity contribution is 5.45. The maximum Gasteiger partial charge on any atom is 0.122 e. The minimum atomic E-state index is 0.0539. The first-order valence-corrected chi connectivity index (χ1v) is 7.60. The van der Waals surface area contributed by atoms with E-state index in [0.29, 0.717) is 5.92 Å². The number of fused-ring (bicyclic) bond motifs is 1. The first kappa shape index (κ1) is 14.2. The Balaban J connectivity index is 1.97. The van der Waals surface area contributed by atoms with Crippen molar-refractivity contribution in [1.82, 2.24) is 0 Å². The van der Waals surface area contributed by atoms with E-state index in [2.05, 4.69) is 50.2 Å². The van der Waals surface area contributed by atoms with E-state index < -0.39 is 0 Å². The third-order valence-corrected chi connectivity index (χ3v) is 4.76. The molecule has 2 aromatic rings. The number of rotatable bonds is 3. The molecule has 2 nitrogen and oxygen atoms in total. The highest BCUT2D eigenvalue weighted by atomic mass is 16.5. The van der Waals surface area contributed by atoms with Gasteiger partial charge in [0.1, 0.15) is 5.75 Å². The molecule has 2 aromatic carbocycles. The van der Waals surface area contributed by atoms with Crippen LogP contribution in [0.3, 0.4) is 0 Å². The van der Waals surface area contributed by atoms with Crippen molar-refractivity contribution >= 4 is 0 Å². The molecular formula is C19H23NO. The minimum absolute atomic E-state index is 0.0539. The molecule has 2 N–H and O–H groups in total. The van der Waals surface area contributed by atoms with Crippen molar-refractivity contribution in [3.63, 3.8) is 0 Å². The Morgan fingerprint density at radius 2 is 1.90 bits per heavy atom. The predicted octanol–water partition coefficient (Wildman–Crippen LogP) is 4.04. The van der Waals surface area contributed by atoms with Crippen LogP contribution < -0.4 is 10.5 Å². The zero-order valence-electron chi connectivity index (χ0n) is 13.0. The molecular weight excluding hydrogens is 258 g/mol. The maximum atomic E-state index is 6.64. The Morgan fingerprint density at radius 3 is 2.67 bits per heavy atom. The summed E-state index contributed by atoms with van der Waals surface area (Å²) < 4.78 is 5.40. The molecule has 0 heterocycles. The van der Waals surface area contributed by atoms with E-state index in [0.717, 1.165) is 24.2 Å². The molecule has 21 heavy (non-hydrogen) atoms. The van der Waals surface area contributed by atoms with Crippen LogP contribution in [0.5, 0.6) is 5.75 Å². The van der Waals surface area contributed by atoms with Crippen LogP contribution in [0.2, 0.25) is 0 Å². The van der Waals surface area contributed by atoms with Crippen molar-refractivity contribution in [2.45, 2.75) is 38.6 Å². The summed E-state index contributed by atoms with van der Waals surface area (Å²) in [5.41, 5.74) is 13.1. The molecule has 110 valence electrons. The number of hydrogen-bond acceptors (Lipinski definition) is 2. The summed E-state index contributed by atoms with van der Waals surface area (Å²) >= 11 is 0. The fourth-order valence-corrected chi connectivity index (χ4v) is 3.57. The predicted molar refractivity (Wildman–Crippen MR) is 86.9 cm³/mol. The van der Waals surface area contributed by atoms with Gasteiger partial charge < -0.3 is 10.5 Å². The molecule has 0 saturated heterocycles. The Kier molecular flexibility index (Phi) is 3.73. The molecule has 0 saturated carbocycles. The molecule has 2 unspecified atom stereocenters. The van der Waals surface area contributed by atoms with Gasteiger partial charge in [-0.25, -0.2) is 0 Å². The number of hydrogen-bond donors (Lipinski definition) is 1. The second kappa shape index (κ2) is 5.53. The van der Waals surface area contributed by atoms with Crippen molar-refractivity contribution in [2.24, 2.45) is 5.73 Å². The Labute approximate surface area is 126 Å². The average molecular weight is 281 g/mol. The number of ether oxygens (including phenoxy) is 1. The molecule has 2 heteroatoms. The topological polar surface area (TPSA) is 35.2 Å². The lowest BCUT2D eigenvalue weighted by Gasteiger charge is -2.23. The summed E-state index contributed by atoms with van der Waals surface area (Å²) in [7, 11) is 1.72. The number of aryl methyl sites for hydroxylation is 3. The summed E-state index contributed by atoms with van der Waals surface area (Å²) in [5.74, 6) is 1.36. The van der Waals surface area contributed by atoms with Crippen LogP contribution in [0.25, 0.3) is 0 Å². The van der Waals surface area contributed by atoms with Gasteiger partial charge in [-0.1, -0.05) is 30.3 Å². The normalized spacial score (nSPS) is 18.4. The molecule has 0 amide bonds. The van der Waals surface area contributed by atoms with E-state index in [1.54, 1.807) is 7.11 Å². The van der Waals surface area contributed by atoms with Crippen molar-refractivity contribution in [3.8, 4) is 5.75 Å². The van der Waals surface area contributed by atoms with E-state index >= 15 is 0 Å². The molecule has 0 aromatic heterocycles. The molecule has 0 spiro atoms. The number of benzene rings is 2. The third kappa shape index (κ3) is 2.44. The molecule has 0 aliphatic heterocycles. The molecule has 0 fully saturated rings. The Bertz CT molecular complexity index is 663. The zero-order chi connectivity index (χ0) is 15.0. The second-order valence-electron chi connectivity index (χ2n) is 6.05. The van der Waals surface area contributed by atoms with Crippen LogP contribution >= 0.6 is 0 Å². The first-order chi connectivity index (χ1) is 10.1. The lowest BCUT2D eigenvalue weighted by Crippen LogP contribution is -2.19. The van der Waals surface area contributed by atoms with Gasteiger partial charge in [-0.2, -0.15) is 0 Å². The molecule has 3 rings (SSSR count). The summed E-state index contributed by atoms with van der Waals surface area (Å²) in [5, 5.41) is 0. The maximum absolute atomic E-state index is 6.64. The van der Waals surface area contributed by atoms with Crippen molar-refractivity contribution < 1.29 is 4.74 Å². The molecule has 0 radical (unpaired) electrons. The van der Waals surface area contributed by atoms with E-state index in [-0.39, 0.29) is 6.04 Å². The Hall–Kier alpha value is -1.80. The van der Waals surface area contributed by atoms with Gasteiger partial charge in [0.2, 0.25) is 0 Å². The van der Waals surface area contributed by atoms with Gasteiger partial charge >= 0.3 is 0 Å². The lowest BCUT2D eigenvalue weighted by molar-refractivity contribution is 0.410. The van der Waals surface area contributed by atoms with Gasteiger partial charge in [0.25, 0.3) is 0 Å². The third-order valence-electron chi connectivity index (χ3n) is 4.76. The summed E-state index contributed by atoms with van der Waals surface area (Å²) in [6, 6.07) is 13.1. The monoisotopic (exact) mass is 281 g/mol. The van der Waals surface area contributed by atoms with Crippen molar-refractivity contribution in [3.05, 3.63) is 64.2 Å². The Morgan fingerprint density at radius 1 is 1.14 bits per heavy atom. The van der Waals surface area contributed by atoms with Gasteiger partial charge in [-0.3, -0.25) is 0 Å². The van der Waals surface area contributed by atoms with Crippen molar-refractivity contribution in [1.29, 1.82) is 0 Å². The van der Waals surface area contributed by atoms with Gasteiger partial charge in [-0.05, 0) is 60.6 Å². The average Bonchev–Trinajstić information content (AvgIpc) is 2.92. The van der Waals surface area contributed by atoms with Crippen LogP contribution in [0.15, 0.2) is 36.4 Å². The molecule has 2 atom stereocenters. The summed E-state index contributed by atoms with van der Waals surface area (Å²) in [6.07, 6.45) is 2.29. The minimum Gasteiger partial charge on any atom is -0.496 e. The number of methoxy groups -OCH3 is 1. The SMILES string of the molecule is COc1cc(C)c(C(N)C2CCc3ccccc32)cc1C. The standard InChI is InChI=1S/C19H23NO/c1-12-11-18(21-3)13(2)10-17(12)19(20)16-9-8-14-6-4-5-7-15(14)16/h4-7,10-11,16,19H,8-9,20H2,1-3H3. The van der Waals surface area contributed by atoms with Crippen LogP contribution in [0.4, 0.5) is 0 Å². The first-order valence-electron chi connectivity index (χ1n) is 7.60. The van der Waals surface area contributed by atoms with Crippen LogP contribution in [-0.4, -0.2) is 7.11 Å². The quantitative estimate of drug-likeness (QED) is 0.921. The highest BCUT2D eigenvalue weighted by Gasteiger charge is 2.29. The highest BCUT2D eigenvalue weighted by Crippen LogP contribution is 2.41. The van der Waals surface area contributed by atoms with Gasteiger partial charge in [0, 0.05) is 12.0 Å². The largest absolute Gasteiger partial charge is 0.496 e. The van der Waals surface area contributed by atoms with Crippen LogP contribution in [0, 0.1) is 13.8 Å². The summed E-state index contributed by atoms with van der Waals surface area (Å²) in [4.78, 5) is 0. The van der Waals surface area contributed by atoms with Gasteiger partial charge in [-0.15, -0.1) is 0 Å². The molecule has 1 aliphatic rings. The fraction of sp³-hybridized carbons (Fsp3) is 0.368. The van der Waals surface area contributed by atoms with Crippen LogP contribution in [0.1, 0.15) is 46.2 Å². The van der Waals surface area contributed by atoms with Gasteiger partial charge in [0.15, 0.2) is 0 Å². The van der Waals surface area contributed by atoms with Gasteiger partial charge in [0.05, 0.1) is 7.11 Å². The smallest absolute Gasteiger partial charge is 0.122 e. The lowest BCUT2D eigenvalue weighted by atomic mass is 9.86. The van der Waals surface area contributed by atoms with Crippen LogP contribution in [-0.2, 0) is 6.42 Å². The van der Waals surface area contributed by atoms with Crippen molar-refractivity contribution in [2.75, 3.05) is 7.11 Å². The summed E-state index contributed by atoms with van der Waals surface area (Å²) in [6.45, 7) is 4.20. The number of nitrogens with two attached hydrogens (primary N) is 1. The zero-order valence-corrected chi connectivity index (χ0v) is 13.0.